The summed E-state index contributed by atoms with van der Waals surface area (Å²) in [6.07, 6.45) is 3.90. The van der Waals surface area contributed by atoms with Crippen LogP contribution in [-0.4, -0.2) is 46.7 Å². The van der Waals surface area contributed by atoms with E-state index in [0.717, 1.165) is 41.4 Å². The summed E-state index contributed by atoms with van der Waals surface area (Å²) >= 11 is 5.32. The highest BCUT2D eigenvalue weighted by Crippen LogP contribution is 2.25. The lowest BCUT2D eigenvalue weighted by molar-refractivity contribution is 0.0985. The van der Waals surface area contributed by atoms with Crippen molar-refractivity contribution in [3.05, 3.63) is 22.4 Å². The first-order chi connectivity index (χ1) is 9.70. The summed E-state index contributed by atoms with van der Waals surface area (Å²) in [5, 5.41) is 4.39. The lowest BCUT2D eigenvalue weighted by Crippen LogP contribution is -2.44. The quantitative estimate of drug-likeness (QED) is 0.845. The third-order valence-corrected chi connectivity index (χ3v) is 4.59. The number of morpholine rings is 1. The maximum absolute atomic E-state index is 5.51. The third-order valence-electron chi connectivity index (χ3n) is 3.44. The van der Waals surface area contributed by atoms with E-state index in [0.29, 0.717) is 6.04 Å². The summed E-state index contributed by atoms with van der Waals surface area (Å²) in [4.78, 5) is 7.08. The first-order valence-corrected chi connectivity index (χ1v) is 8.76. The molecule has 1 fully saturated rings. The predicted octanol–water partition coefficient (Wildman–Crippen LogP) is 2.58. The van der Waals surface area contributed by atoms with Gasteiger partial charge in [0.1, 0.15) is 5.82 Å². The number of nitrogens with zero attached hydrogens (tertiary/aromatic N) is 4. The topological polar surface area (TPSA) is 42.7 Å². The first-order valence-electron chi connectivity index (χ1n) is 6.57. The predicted molar refractivity (Wildman–Crippen MR) is 85.5 cm³/mol. The van der Waals surface area contributed by atoms with Gasteiger partial charge in [-0.3, -0.25) is 0 Å². The molecule has 0 radical (unpaired) electrons. The maximum Gasteiger partial charge on any atom is 0.171 e. The minimum atomic E-state index is 0.350. The van der Waals surface area contributed by atoms with Gasteiger partial charge in [0, 0.05) is 18.4 Å². The number of hydrogen-bond donors (Lipinski definition) is 0. The number of halogens is 1. The van der Waals surface area contributed by atoms with Gasteiger partial charge < -0.3 is 9.64 Å². The number of anilines is 1. The zero-order chi connectivity index (χ0) is 14.1. The molecule has 1 atom stereocenters. The first kappa shape index (κ1) is 14.2. The molecule has 5 nitrogen and oxygen atoms in total. The number of rotatable bonds is 3. The molecule has 1 aliphatic heterocycles. The number of ether oxygens (including phenoxy) is 1. The van der Waals surface area contributed by atoms with Gasteiger partial charge in [-0.1, -0.05) is 0 Å². The lowest BCUT2D eigenvalue weighted by Gasteiger charge is -2.34. The van der Waals surface area contributed by atoms with E-state index in [4.69, 9.17) is 9.72 Å². The van der Waals surface area contributed by atoms with Crippen molar-refractivity contribution < 1.29 is 4.74 Å². The molecular weight excluding hydrogens is 340 g/mol. The zero-order valence-electron chi connectivity index (χ0n) is 11.5. The Hall–Kier alpha value is -0.790. The van der Waals surface area contributed by atoms with Gasteiger partial charge >= 0.3 is 0 Å². The van der Waals surface area contributed by atoms with Crippen molar-refractivity contribution in [2.45, 2.75) is 18.7 Å². The summed E-state index contributed by atoms with van der Waals surface area (Å²) in [6.45, 7) is 4.57. The highest BCUT2D eigenvalue weighted by Gasteiger charge is 2.22. The van der Waals surface area contributed by atoms with E-state index >= 15 is 0 Å². The van der Waals surface area contributed by atoms with Gasteiger partial charge in [-0.15, -0.1) is 0 Å². The van der Waals surface area contributed by atoms with Crippen molar-refractivity contribution in [3.63, 3.8) is 0 Å². The third kappa shape index (κ3) is 2.54. The van der Waals surface area contributed by atoms with E-state index in [9.17, 15) is 0 Å². The molecule has 1 saturated heterocycles. The summed E-state index contributed by atoms with van der Waals surface area (Å²) in [7, 11) is 0. The Balaban J connectivity index is 2.08. The molecule has 20 heavy (non-hydrogen) atoms. The van der Waals surface area contributed by atoms with Crippen LogP contribution in [0.15, 0.2) is 16.7 Å². The number of aromatic nitrogens is 3. The van der Waals surface area contributed by atoms with Gasteiger partial charge in [0.2, 0.25) is 0 Å². The van der Waals surface area contributed by atoms with Crippen molar-refractivity contribution >= 4 is 39.2 Å². The Morgan fingerprint density at radius 2 is 2.40 bits per heavy atom. The molecule has 0 aromatic carbocycles. The van der Waals surface area contributed by atoms with Crippen molar-refractivity contribution in [3.8, 4) is 0 Å². The van der Waals surface area contributed by atoms with Crippen LogP contribution >= 0.6 is 27.7 Å². The van der Waals surface area contributed by atoms with Crippen molar-refractivity contribution in [1.29, 1.82) is 0 Å². The molecule has 0 bridgehead atoms. The maximum atomic E-state index is 5.51. The van der Waals surface area contributed by atoms with Crippen molar-refractivity contribution in [2.24, 2.45) is 0 Å². The van der Waals surface area contributed by atoms with Gasteiger partial charge in [0.25, 0.3) is 0 Å². The molecule has 3 heterocycles. The summed E-state index contributed by atoms with van der Waals surface area (Å²) in [5.41, 5.74) is 2.05. The molecule has 3 rings (SSSR count). The van der Waals surface area contributed by atoms with E-state index < -0.39 is 0 Å². The van der Waals surface area contributed by atoms with Crippen LogP contribution in [0.5, 0.6) is 0 Å². The Morgan fingerprint density at radius 3 is 3.15 bits per heavy atom. The highest BCUT2D eigenvalue weighted by molar-refractivity contribution is 9.10. The molecule has 1 aliphatic rings. The normalized spacial score (nSPS) is 19.8. The van der Waals surface area contributed by atoms with Crippen LogP contribution in [0.2, 0.25) is 0 Å². The van der Waals surface area contributed by atoms with E-state index in [1.807, 2.05) is 4.52 Å². The minimum Gasteiger partial charge on any atom is -0.377 e. The number of thioether (sulfide) groups is 1. The van der Waals surface area contributed by atoms with E-state index in [1.165, 1.54) is 5.69 Å². The smallest absolute Gasteiger partial charge is 0.171 e. The molecule has 0 spiro atoms. The van der Waals surface area contributed by atoms with Crippen LogP contribution in [0.3, 0.4) is 0 Å². The van der Waals surface area contributed by atoms with Gasteiger partial charge in [0.05, 0.1) is 35.6 Å². The Morgan fingerprint density at radius 1 is 1.55 bits per heavy atom. The van der Waals surface area contributed by atoms with Gasteiger partial charge in [-0.25, -0.2) is 9.50 Å². The average molecular weight is 357 g/mol. The van der Waals surface area contributed by atoms with Crippen LogP contribution in [0.25, 0.3) is 5.65 Å². The SMILES string of the molecule is CSCc1cc(N2CCOCC2C)nc2c(Br)cnn12. The second-order valence-electron chi connectivity index (χ2n) is 4.88. The fourth-order valence-corrected chi connectivity index (χ4v) is 3.30. The van der Waals surface area contributed by atoms with Crippen LogP contribution in [0.1, 0.15) is 12.6 Å². The molecular formula is C13H17BrN4OS. The van der Waals surface area contributed by atoms with Gasteiger partial charge in [-0.05, 0) is 29.1 Å². The van der Waals surface area contributed by atoms with Crippen LogP contribution < -0.4 is 4.90 Å². The van der Waals surface area contributed by atoms with Gasteiger partial charge in [0.15, 0.2) is 5.65 Å². The van der Waals surface area contributed by atoms with Gasteiger partial charge in [-0.2, -0.15) is 16.9 Å². The summed E-state index contributed by atoms with van der Waals surface area (Å²) in [5.74, 6) is 1.93. The molecule has 2 aromatic heterocycles. The Kier molecular flexibility index (Phi) is 4.18. The van der Waals surface area contributed by atoms with Crippen molar-refractivity contribution in [2.75, 3.05) is 30.9 Å². The molecule has 2 aromatic rings. The molecule has 1 unspecified atom stereocenters. The Bertz CT molecular complexity index is 618. The van der Waals surface area contributed by atoms with E-state index in [1.54, 1.807) is 18.0 Å². The average Bonchev–Trinajstić information content (AvgIpc) is 2.82. The largest absolute Gasteiger partial charge is 0.377 e. The molecule has 0 aliphatic carbocycles. The molecule has 108 valence electrons. The number of hydrogen-bond acceptors (Lipinski definition) is 5. The lowest BCUT2D eigenvalue weighted by atomic mass is 10.2. The number of fused-ring (bicyclic) bond motifs is 1. The fraction of sp³-hybridized carbons (Fsp3) is 0.538. The standard InChI is InChI=1S/C13H17BrN4OS/c1-9-7-19-4-3-17(9)12-5-10(8-20-2)18-13(16-12)11(14)6-15-18/h5-6,9H,3-4,7-8H2,1-2H3. The second kappa shape index (κ2) is 5.91. The molecule has 7 heteroatoms. The fourth-order valence-electron chi connectivity index (χ4n) is 2.45. The molecule has 0 saturated carbocycles. The molecule has 0 N–H and O–H groups in total. The molecule has 0 amide bonds. The van der Waals surface area contributed by atoms with Crippen LogP contribution in [-0.2, 0) is 10.5 Å². The second-order valence-corrected chi connectivity index (χ2v) is 6.60. The van der Waals surface area contributed by atoms with E-state index in [-0.39, 0.29) is 0 Å². The zero-order valence-corrected chi connectivity index (χ0v) is 13.9. The Labute approximate surface area is 130 Å². The van der Waals surface area contributed by atoms with Crippen LogP contribution in [0, 0.1) is 0 Å². The van der Waals surface area contributed by atoms with Crippen LogP contribution in [0.4, 0.5) is 5.82 Å². The minimum absolute atomic E-state index is 0.350. The highest BCUT2D eigenvalue weighted by atomic mass is 79.9. The van der Waals surface area contributed by atoms with E-state index in [2.05, 4.69) is 45.2 Å². The monoisotopic (exact) mass is 356 g/mol. The summed E-state index contributed by atoms with van der Waals surface area (Å²) < 4.78 is 8.35. The summed E-state index contributed by atoms with van der Waals surface area (Å²) in [6, 6.07) is 2.49. The van der Waals surface area contributed by atoms with Crippen molar-refractivity contribution in [1.82, 2.24) is 14.6 Å².